The van der Waals surface area contributed by atoms with Crippen molar-refractivity contribution in [2.75, 3.05) is 32.8 Å². The maximum Gasteiger partial charge on any atom is 0.334 e. The van der Waals surface area contributed by atoms with Crippen LogP contribution in [0.1, 0.15) is 33.1 Å². The standard InChI is InChI=1S/C13H25NO3/c1-4-7-14(8-5-2)11-12(3)13(16)17-10-6-9-15/h15H,3-11H2,1-2H3. The summed E-state index contributed by atoms with van der Waals surface area (Å²) in [6, 6.07) is 0. The smallest absolute Gasteiger partial charge is 0.334 e. The summed E-state index contributed by atoms with van der Waals surface area (Å²) in [5, 5.41) is 8.58. The first-order valence-electron chi connectivity index (χ1n) is 6.33. The van der Waals surface area contributed by atoms with Crippen molar-refractivity contribution in [3.05, 3.63) is 12.2 Å². The second-order valence-corrected chi connectivity index (χ2v) is 4.09. The second-order valence-electron chi connectivity index (χ2n) is 4.09. The first-order valence-corrected chi connectivity index (χ1v) is 6.33. The van der Waals surface area contributed by atoms with Crippen molar-refractivity contribution >= 4 is 5.97 Å². The van der Waals surface area contributed by atoms with Crippen molar-refractivity contribution in [1.82, 2.24) is 4.90 Å². The third kappa shape index (κ3) is 7.94. The van der Waals surface area contributed by atoms with E-state index < -0.39 is 0 Å². The van der Waals surface area contributed by atoms with Crippen LogP contribution in [0.15, 0.2) is 12.2 Å². The minimum atomic E-state index is -0.351. The lowest BCUT2D eigenvalue weighted by Gasteiger charge is -2.21. The molecule has 0 bridgehead atoms. The Hall–Kier alpha value is -0.870. The molecular weight excluding hydrogens is 218 g/mol. The van der Waals surface area contributed by atoms with Crippen molar-refractivity contribution < 1.29 is 14.6 Å². The van der Waals surface area contributed by atoms with Crippen LogP contribution >= 0.6 is 0 Å². The van der Waals surface area contributed by atoms with Crippen LogP contribution in [0.4, 0.5) is 0 Å². The Labute approximate surface area is 104 Å². The van der Waals surface area contributed by atoms with Crippen LogP contribution in [0.3, 0.4) is 0 Å². The highest BCUT2D eigenvalue weighted by atomic mass is 16.5. The Bertz CT molecular complexity index is 223. The monoisotopic (exact) mass is 243 g/mol. The summed E-state index contributed by atoms with van der Waals surface area (Å²) in [6.45, 7) is 10.8. The Kier molecular flexibility index (Phi) is 9.77. The van der Waals surface area contributed by atoms with Gasteiger partial charge in [0.2, 0.25) is 0 Å². The molecule has 0 fully saturated rings. The number of ether oxygens (including phenoxy) is 1. The topological polar surface area (TPSA) is 49.8 Å². The van der Waals surface area contributed by atoms with Crippen LogP contribution in [0.2, 0.25) is 0 Å². The number of nitrogens with zero attached hydrogens (tertiary/aromatic N) is 1. The summed E-state index contributed by atoms with van der Waals surface area (Å²) in [7, 11) is 0. The van der Waals surface area contributed by atoms with E-state index in [1.807, 2.05) is 0 Å². The Balaban J connectivity index is 3.97. The molecule has 0 amide bonds. The van der Waals surface area contributed by atoms with Crippen LogP contribution in [-0.2, 0) is 9.53 Å². The van der Waals surface area contributed by atoms with Crippen molar-refractivity contribution in [2.45, 2.75) is 33.1 Å². The minimum absolute atomic E-state index is 0.0392. The summed E-state index contributed by atoms with van der Waals surface area (Å²) in [5.74, 6) is -0.351. The highest BCUT2D eigenvalue weighted by molar-refractivity contribution is 5.88. The van der Waals surface area contributed by atoms with E-state index in [9.17, 15) is 4.79 Å². The number of carbonyl (C=O) groups excluding carboxylic acids is 1. The zero-order valence-electron chi connectivity index (χ0n) is 11.1. The zero-order valence-corrected chi connectivity index (χ0v) is 11.1. The average molecular weight is 243 g/mol. The van der Waals surface area contributed by atoms with Crippen molar-refractivity contribution in [1.29, 1.82) is 0 Å². The lowest BCUT2D eigenvalue weighted by Crippen LogP contribution is -2.30. The van der Waals surface area contributed by atoms with Gasteiger partial charge in [0.05, 0.1) is 6.61 Å². The molecular formula is C13H25NO3. The number of hydrogen-bond acceptors (Lipinski definition) is 4. The summed E-state index contributed by atoms with van der Waals surface area (Å²) in [5.41, 5.74) is 0.491. The van der Waals surface area contributed by atoms with Crippen molar-refractivity contribution in [3.8, 4) is 0 Å². The van der Waals surface area contributed by atoms with Gasteiger partial charge in [-0.25, -0.2) is 4.79 Å². The maximum atomic E-state index is 11.5. The Morgan fingerprint density at radius 1 is 1.29 bits per heavy atom. The maximum absolute atomic E-state index is 11.5. The highest BCUT2D eigenvalue weighted by Crippen LogP contribution is 2.02. The molecule has 0 aliphatic rings. The van der Waals surface area contributed by atoms with Crippen LogP contribution in [0.25, 0.3) is 0 Å². The number of hydrogen-bond donors (Lipinski definition) is 1. The number of rotatable bonds is 10. The molecule has 0 spiro atoms. The second kappa shape index (κ2) is 10.3. The predicted molar refractivity (Wildman–Crippen MR) is 68.8 cm³/mol. The Morgan fingerprint density at radius 3 is 2.35 bits per heavy atom. The molecule has 0 saturated carbocycles. The normalized spacial score (nSPS) is 10.6. The summed E-state index contributed by atoms with van der Waals surface area (Å²) < 4.78 is 4.98. The van der Waals surface area contributed by atoms with Gasteiger partial charge in [-0.2, -0.15) is 0 Å². The summed E-state index contributed by atoms with van der Waals surface area (Å²) >= 11 is 0. The number of aliphatic hydroxyl groups excluding tert-OH is 1. The third-order valence-corrected chi connectivity index (χ3v) is 2.32. The predicted octanol–water partition coefficient (Wildman–Crippen LogP) is 1.59. The molecule has 0 aromatic carbocycles. The van der Waals surface area contributed by atoms with E-state index >= 15 is 0 Å². The van der Waals surface area contributed by atoms with E-state index in [1.165, 1.54) is 0 Å². The van der Waals surface area contributed by atoms with Gasteiger partial charge >= 0.3 is 5.97 Å². The molecule has 0 saturated heterocycles. The van der Waals surface area contributed by atoms with Gasteiger partial charge in [0.25, 0.3) is 0 Å². The lowest BCUT2D eigenvalue weighted by molar-refractivity contribution is -0.139. The molecule has 0 rings (SSSR count). The quantitative estimate of drug-likeness (QED) is 0.360. The third-order valence-electron chi connectivity index (χ3n) is 2.32. The van der Waals surface area contributed by atoms with Gasteiger partial charge in [0, 0.05) is 25.1 Å². The van der Waals surface area contributed by atoms with E-state index in [1.54, 1.807) is 0 Å². The van der Waals surface area contributed by atoms with Gasteiger partial charge in [-0.1, -0.05) is 20.4 Å². The van der Waals surface area contributed by atoms with Crippen LogP contribution in [0, 0.1) is 0 Å². The lowest BCUT2D eigenvalue weighted by atomic mass is 10.2. The molecule has 0 radical (unpaired) electrons. The van der Waals surface area contributed by atoms with E-state index in [0.29, 0.717) is 18.5 Å². The van der Waals surface area contributed by atoms with E-state index in [0.717, 1.165) is 25.9 Å². The fourth-order valence-electron chi connectivity index (χ4n) is 1.57. The van der Waals surface area contributed by atoms with Gasteiger partial charge in [-0.3, -0.25) is 4.90 Å². The molecule has 0 aliphatic carbocycles. The Morgan fingerprint density at radius 2 is 1.88 bits per heavy atom. The highest BCUT2D eigenvalue weighted by Gasteiger charge is 2.12. The molecule has 0 aliphatic heterocycles. The molecule has 0 aromatic rings. The first-order chi connectivity index (χ1) is 8.15. The van der Waals surface area contributed by atoms with E-state index in [4.69, 9.17) is 9.84 Å². The van der Waals surface area contributed by atoms with Crippen LogP contribution in [-0.4, -0.2) is 48.8 Å². The fraction of sp³-hybridized carbons (Fsp3) is 0.769. The van der Waals surface area contributed by atoms with Gasteiger partial charge in [0.15, 0.2) is 0 Å². The average Bonchev–Trinajstić information content (AvgIpc) is 2.29. The van der Waals surface area contributed by atoms with Crippen molar-refractivity contribution in [3.63, 3.8) is 0 Å². The number of esters is 1. The summed E-state index contributed by atoms with van der Waals surface area (Å²) in [4.78, 5) is 13.7. The van der Waals surface area contributed by atoms with Crippen LogP contribution < -0.4 is 0 Å². The van der Waals surface area contributed by atoms with Gasteiger partial charge in [0.1, 0.15) is 0 Å². The van der Waals surface area contributed by atoms with Crippen LogP contribution in [0.5, 0.6) is 0 Å². The molecule has 17 heavy (non-hydrogen) atoms. The molecule has 100 valence electrons. The number of carbonyl (C=O) groups is 1. The minimum Gasteiger partial charge on any atom is -0.462 e. The van der Waals surface area contributed by atoms with E-state index in [2.05, 4.69) is 25.3 Å². The zero-order chi connectivity index (χ0) is 13.1. The molecule has 1 N–H and O–H groups in total. The van der Waals surface area contributed by atoms with Gasteiger partial charge < -0.3 is 9.84 Å². The first kappa shape index (κ1) is 16.1. The molecule has 4 heteroatoms. The molecule has 0 heterocycles. The largest absolute Gasteiger partial charge is 0.462 e. The fourth-order valence-corrected chi connectivity index (χ4v) is 1.57. The molecule has 0 atom stereocenters. The van der Waals surface area contributed by atoms with Gasteiger partial charge in [-0.15, -0.1) is 0 Å². The SMILES string of the molecule is C=C(CN(CCC)CCC)C(=O)OCCCO. The molecule has 0 unspecified atom stereocenters. The van der Waals surface area contributed by atoms with E-state index in [-0.39, 0.29) is 19.2 Å². The molecule has 0 aromatic heterocycles. The van der Waals surface area contributed by atoms with Gasteiger partial charge in [-0.05, 0) is 25.9 Å². The van der Waals surface area contributed by atoms with Crippen molar-refractivity contribution in [2.24, 2.45) is 0 Å². The number of aliphatic hydroxyl groups is 1. The summed E-state index contributed by atoms with van der Waals surface area (Å²) in [6.07, 6.45) is 2.60. The molecule has 4 nitrogen and oxygen atoms in total.